The van der Waals surface area contributed by atoms with Gasteiger partial charge in [-0.3, -0.25) is 0 Å². The van der Waals surface area contributed by atoms with E-state index in [-0.39, 0.29) is 5.41 Å². The summed E-state index contributed by atoms with van der Waals surface area (Å²) in [6.45, 7) is 3.58. The molecule has 3 rings (SSSR count). The van der Waals surface area contributed by atoms with Crippen LogP contribution in [0.2, 0.25) is 0 Å². The van der Waals surface area contributed by atoms with Crippen molar-refractivity contribution in [1.29, 1.82) is 5.26 Å². The zero-order chi connectivity index (χ0) is 12.6. The van der Waals surface area contributed by atoms with Crippen molar-refractivity contribution in [3.05, 3.63) is 35.5 Å². The SMILES string of the molecule is Cc1[nH]c2ccccc2c1C1(CCC#N)COC1. The van der Waals surface area contributed by atoms with Gasteiger partial charge in [0.1, 0.15) is 0 Å². The standard InChI is InChI=1S/C15H16N2O/c1-11-14(12-5-2-3-6-13(12)17-11)15(7-4-8-16)9-18-10-15/h2-3,5-6,17H,4,7,9-10H2,1H3. The van der Waals surface area contributed by atoms with Crippen LogP contribution in [0, 0.1) is 18.3 Å². The minimum absolute atomic E-state index is 0.0411. The zero-order valence-corrected chi connectivity index (χ0v) is 10.5. The summed E-state index contributed by atoms with van der Waals surface area (Å²) < 4.78 is 5.44. The Labute approximate surface area is 106 Å². The van der Waals surface area contributed by atoms with Gasteiger partial charge < -0.3 is 9.72 Å². The molecular formula is C15H16N2O. The number of nitrogens with zero attached hydrogens (tertiary/aromatic N) is 1. The topological polar surface area (TPSA) is 48.8 Å². The minimum atomic E-state index is 0.0411. The van der Waals surface area contributed by atoms with Gasteiger partial charge in [-0.25, -0.2) is 0 Å². The smallest absolute Gasteiger partial charge is 0.0622 e. The second-order valence-electron chi connectivity index (χ2n) is 5.10. The molecule has 1 aliphatic heterocycles. The largest absolute Gasteiger partial charge is 0.379 e. The quantitative estimate of drug-likeness (QED) is 0.896. The number of aromatic nitrogens is 1. The van der Waals surface area contributed by atoms with E-state index in [4.69, 9.17) is 10.00 Å². The van der Waals surface area contributed by atoms with Crippen LogP contribution in [0.5, 0.6) is 0 Å². The molecule has 1 aliphatic rings. The first-order valence-electron chi connectivity index (χ1n) is 6.29. The van der Waals surface area contributed by atoms with Crippen molar-refractivity contribution < 1.29 is 4.74 Å². The van der Waals surface area contributed by atoms with E-state index in [9.17, 15) is 0 Å². The Hall–Kier alpha value is -1.79. The van der Waals surface area contributed by atoms with Crippen molar-refractivity contribution >= 4 is 10.9 Å². The number of rotatable bonds is 3. The molecular weight excluding hydrogens is 224 g/mol. The fourth-order valence-corrected chi connectivity index (χ4v) is 3.02. The Morgan fingerprint density at radius 1 is 1.39 bits per heavy atom. The molecule has 2 heterocycles. The molecule has 3 heteroatoms. The van der Waals surface area contributed by atoms with E-state index in [2.05, 4.69) is 36.2 Å². The van der Waals surface area contributed by atoms with Gasteiger partial charge in [0.05, 0.1) is 19.3 Å². The fourth-order valence-electron chi connectivity index (χ4n) is 3.02. The molecule has 0 amide bonds. The van der Waals surface area contributed by atoms with Gasteiger partial charge in [0, 0.05) is 28.4 Å². The average Bonchev–Trinajstić information content (AvgIpc) is 2.66. The number of hydrogen-bond donors (Lipinski definition) is 1. The molecule has 18 heavy (non-hydrogen) atoms. The summed E-state index contributed by atoms with van der Waals surface area (Å²) in [5.74, 6) is 0. The number of H-pyrrole nitrogens is 1. The molecule has 2 aromatic rings. The Balaban J connectivity index is 2.12. The molecule has 0 saturated carbocycles. The number of ether oxygens (including phenoxy) is 1. The molecule has 0 bridgehead atoms. The number of fused-ring (bicyclic) bond motifs is 1. The van der Waals surface area contributed by atoms with Gasteiger partial charge >= 0.3 is 0 Å². The molecule has 1 fully saturated rings. The number of nitriles is 1. The second kappa shape index (κ2) is 4.15. The van der Waals surface area contributed by atoms with Crippen LogP contribution in [0.25, 0.3) is 10.9 Å². The number of aromatic amines is 1. The maximum Gasteiger partial charge on any atom is 0.0622 e. The lowest BCUT2D eigenvalue weighted by Crippen LogP contribution is -2.47. The van der Waals surface area contributed by atoms with Crippen LogP contribution in [0.15, 0.2) is 24.3 Å². The van der Waals surface area contributed by atoms with Crippen molar-refractivity contribution in [2.24, 2.45) is 0 Å². The first-order chi connectivity index (χ1) is 8.77. The molecule has 92 valence electrons. The van der Waals surface area contributed by atoms with Crippen LogP contribution in [-0.4, -0.2) is 18.2 Å². The summed E-state index contributed by atoms with van der Waals surface area (Å²) >= 11 is 0. The van der Waals surface area contributed by atoms with E-state index in [1.807, 2.05) is 6.07 Å². The molecule has 0 spiro atoms. The van der Waals surface area contributed by atoms with Gasteiger partial charge in [-0.1, -0.05) is 18.2 Å². The van der Waals surface area contributed by atoms with E-state index >= 15 is 0 Å². The normalized spacial score (nSPS) is 17.3. The van der Waals surface area contributed by atoms with Crippen molar-refractivity contribution in [3.8, 4) is 6.07 Å². The van der Waals surface area contributed by atoms with Crippen LogP contribution < -0.4 is 0 Å². The minimum Gasteiger partial charge on any atom is -0.379 e. The molecule has 1 N–H and O–H groups in total. The molecule has 0 radical (unpaired) electrons. The Morgan fingerprint density at radius 3 is 2.83 bits per heavy atom. The Kier molecular flexibility index (Phi) is 2.61. The van der Waals surface area contributed by atoms with Crippen molar-refractivity contribution in [2.75, 3.05) is 13.2 Å². The lowest BCUT2D eigenvalue weighted by molar-refractivity contribution is -0.0632. The number of hydrogen-bond acceptors (Lipinski definition) is 2. The Bertz CT molecular complexity index is 617. The highest BCUT2D eigenvalue weighted by atomic mass is 16.5. The van der Waals surface area contributed by atoms with Crippen LogP contribution in [0.4, 0.5) is 0 Å². The van der Waals surface area contributed by atoms with E-state index in [0.717, 1.165) is 19.6 Å². The average molecular weight is 240 g/mol. The monoisotopic (exact) mass is 240 g/mol. The van der Waals surface area contributed by atoms with E-state index in [1.165, 1.54) is 22.2 Å². The third-order valence-corrected chi connectivity index (χ3v) is 3.90. The zero-order valence-electron chi connectivity index (χ0n) is 10.5. The second-order valence-corrected chi connectivity index (χ2v) is 5.10. The molecule has 3 nitrogen and oxygen atoms in total. The molecule has 0 aliphatic carbocycles. The van der Waals surface area contributed by atoms with E-state index < -0.39 is 0 Å². The third-order valence-electron chi connectivity index (χ3n) is 3.90. The molecule has 0 unspecified atom stereocenters. The van der Waals surface area contributed by atoms with Crippen LogP contribution in [-0.2, 0) is 10.2 Å². The predicted molar refractivity (Wildman–Crippen MR) is 70.4 cm³/mol. The highest BCUT2D eigenvalue weighted by Crippen LogP contribution is 2.42. The molecule has 0 atom stereocenters. The predicted octanol–water partition coefficient (Wildman–Crippen LogP) is 3.05. The fraction of sp³-hybridized carbons (Fsp3) is 0.400. The highest BCUT2D eigenvalue weighted by molar-refractivity contribution is 5.86. The maximum atomic E-state index is 8.83. The van der Waals surface area contributed by atoms with Gasteiger partial charge in [-0.15, -0.1) is 0 Å². The molecule has 1 aromatic heterocycles. The van der Waals surface area contributed by atoms with Gasteiger partial charge in [-0.2, -0.15) is 5.26 Å². The van der Waals surface area contributed by atoms with Gasteiger partial charge in [-0.05, 0) is 25.0 Å². The molecule has 1 saturated heterocycles. The van der Waals surface area contributed by atoms with Crippen LogP contribution >= 0.6 is 0 Å². The molecule has 1 aromatic carbocycles. The van der Waals surface area contributed by atoms with Crippen molar-refractivity contribution in [1.82, 2.24) is 4.98 Å². The van der Waals surface area contributed by atoms with E-state index in [1.54, 1.807) is 0 Å². The number of nitrogens with one attached hydrogen (secondary N) is 1. The lowest BCUT2D eigenvalue weighted by Gasteiger charge is -2.42. The summed E-state index contributed by atoms with van der Waals surface area (Å²) in [4.78, 5) is 3.44. The van der Waals surface area contributed by atoms with Crippen LogP contribution in [0.1, 0.15) is 24.1 Å². The summed E-state index contributed by atoms with van der Waals surface area (Å²) in [5.41, 5.74) is 3.77. The van der Waals surface area contributed by atoms with Gasteiger partial charge in [0.25, 0.3) is 0 Å². The first-order valence-corrected chi connectivity index (χ1v) is 6.29. The van der Waals surface area contributed by atoms with Crippen LogP contribution in [0.3, 0.4) is 0 Å². The maximum absolute atomic E-state index is 8.83. The lowest BCUT2D eigenvalue weighted by atomic mass is 9.74. The number of aryl methyl sites for hydroxylation is 1. The summed E-state index contributed by atoms with van der Waals surface area (Å²) in [6.07, 6.45) is 1.47. The highest BCUT2D eigenvalue weighted by Gasteiger charge is 2.42. The first kappa shape index (κ1) is 11.3. The van der Waals surface area contributed by atoms with Gasteiger partial charge in [0.15, 0.2) is 0 Å². The van der Waals surface area contributed by atoms with Gasteiger partial charge in [0.2, 0.25) is 0 Å². The van der Waals surface area contributed by atoms with E-state index in [0.29, 0.717) is 6.42 Å². The summed E-state index contributed by atoms with van der Waals surface area (Å²) in [6, 6.07) is 10.6. The van der Waals surface area contributed by atoms with Crippen molar-refractivity contribution in [2.45, 2.75) is 25.2 Å². The third kappa shape index (κ3) is 1.53. The number of para-hydroxylation sites is 1. The Morgan fingerprint density at radius 2 is 2.17 bits per heavy atom. The summed E-state index contributed by atoms with van der Waals surface area (Å²) in [5, 5.41) is 10.1. The van der Waals surface area contributed by atoms with Crippen molar-refractivity contribution in [3.63, 3.8) is 0 Å². The number of benzene rings is 1. The summed E-state index contributed by atoms with van der Waals surface area (Å²) in [7, 11) is 0.